The highest BCUT2D eigenvalue weighted by atomic mass is 32.1. The number of piperidine rings is 1. The number of likely N-dealkylation sites (N-methyl/N-ethyl adjacent to an activating group) is 1. The van der Waals surface area contributed by atoms with Crippen LogP contribution >= 0.6 is 11.3 Å². The van der Waals surface area contributed by atoms with Crippen molar-refractivity contribution in [1.82, 2.24) is 9.80 Å². The lowest BCUT2D eigenvalue weighted by Crippen LogP contribution is -2.50. The van der Waals surface area contributed by atoms with Crippen LogP contribution < -0.4 is 5.73 Å². The number of likely N-dealkylation sites (tertiary alicyclic amines) is 1. The van der Waals surface area contributed by atoms with Gasteiger partial charge in [0, 0.05) is 19.6 Å². The van der Waals surface area contributed by atoms with E-state index in [2.05, 4.69) is 11.4 Å². The second kappa shape index (κ2) is 7.04. The van der Waals surface area contributed by atoms with Crippen molar-refractivity contribution < 1.29 is 9.59 Å². The number of amides is 2. The minimum Gasteiger partial charge on any atom is -0.369 e. The van der Waals surface area contributed by atoms with E-state index in [9.17, 15) is 9.59 Å². The average molecular weight is 309 g/mol. The molecule has 21 heavy (non-hydrogen) atoms. The van der Waals surface area contributed by atoms with Crippen molar-refractivity contribution in [3.05, 3.63) is 22.4 Å². The summed E-state index contributed by atoms with van der Waals surface area (Å²) in [5.74, 6) is -0.414. The van der Waals surface area contributed by atoms with E-state index in [0.29, 0.717) is 6.54 Å². The summed E-state index contributed by atoms with van der Waals surface area (Å²) in [5, 5.41) is 4.13. The lowest BCUT2D eigenvalue weighted by molar-refractivity contribution is -0.139. The van der Waals surface area contributed by atoms with E-state index in [0.717, 1.165) is 25.9 Å². The van der Waals surface area contributed by atoms with Gasteiger partial charge in [0.2, 0.25) is 11.8 Å². The normalized spacial score (nSPS) is 20.5. The van der Waals surface area contributed by atoms with Crippen LogP contribution in [-0.2, 0) is 16.1 Å². The molecule has 116 valence electrons. The van der Waals surface area contributed by atoms with Gasteiger partial charge in [0.1, 0.15) is 0 Å². The molecule has 0 bridgehead atoms. The van der Waals surface area contributed by atoms with Crippen LogP contribution in [0.2, 0.25) is 0 Å². The van der Waals surface area contributed by atoms with Gasteiger partial charge in [-0.1, -0.05) is 0 Å². The van der Waals surface area contributed by atoms with Crippen molar-refractivity contribution in [2.75, 3.05) is 20.1 Å². The average Bonchev–Trinajstić information content (AvgIpc) is 2.98. The minimum atomic E-state index is -0.299. The molecule has 0 aromatic carbocycles. The Morgan fingerprint density at radius 2 is 2.33 bits per heavy atom. The highest BCUT2D eigenvalue weighted by Crippen LogP contribution is 2.18. The Hall–Kier alpha value is -1.40. The zero-order chi connectivity index (χ0) is 15.4. The molecule has 0 unspecified atom stereocenters. The Balaban J connectivity index is 1.93. The van der Waals surface area contributed by atoms with E-state index in [1.165, 1.54) is 5.56 Å². The number of nitrogens with two attached hydrogens (primary N) is 1. The van der Waals surface area contributed by atoms with Crippen LogP contribution in [0.25, 0.3) is 0 Å². The van der Waals surface area contributed by atoms with Gasteiger partial charge in [-0.05, 0) is 49.2 Å². The van der Waals surface area contributed by atoms with E-state index >= 15 is 0 Å². The molecular formula is C15H23N3O2S. The Morgan fingerprint density at radius 1 is 1.57 bits per heavy atom. The van der Waals surface area contributed by atoms with Crippen LogP contribution in [0.5, 0.6) is 0 Å². The fourth-order valence-electron chi connectivity index (χ4n) is 2.67. The monoisotopic (exact) mass is 309 g/mol. The van der Waals surface area contributed by atoms with Crippen LogP contribution in [0, 0.1) is 5.92 Å². The predicted molar refractivity (Wildman–Crippen MR) is 83.7 cm³/mol. The van der Waals surface area contributed by atoms with Gasteiger partial charge >= 0.3 is 0 Å². The third-order valence-corrected chi connectivity index (χ3v) is 4.90. The summed E-state index contributed by atoms with van der Waals surface area (Å²) in [6, 6.07) is 1.87. The highest BCUT2D eigenvalue weighted by Gasteiger charge is 2.30. The molecule has 1 aromatic rings. The summed E-state index contributed by atoms with van der Waals surface area (Å²) in [7, 11) is 1.95. The number of thiophene rings is 1. The van der Waals surface area contributed by atoms with E-state index in [4.69, 9.17) is 5.73 Å². The van der Waals surface area contributed by atoms with Gasteiger partial charge in [-0.2, -0.15) is 11.3 Å². The van der Waals surface area contributed by atoms with Crippen molar-refractivity contribution in [2.24, 2.45) is 11.7 Å². The maximum absolute atomic E-state index is 12.6. The molecule has 2 atom stereocenters. The molecular weight excluding hydrogens is 286 g/mol. The van der Waals surface area contributed by atoms with Crippen molar-refractivity contribution in [1.29, 1.82) is 0 Å². The van der Waals surface area contributed by atoms with E-state index in [1.54, 1.807) is 16.2 Å². The molecule has 1 saturated heterocycles. The summed E-state index contributed by atoms with van der Waals surface area (Å²) in [6.45, 7) is 3.86. The van der Waals surface area contributed by atoms with E-state index < -0.39 is 0 Å². The zero-order valence-electron chi connectivity index (χ0n) is 12.6. The van der Waals surface area contributed by atoms with Crippen LogP contribution in [0.1, 0.15) is 25.3 Å². The van der Waals surface area contributed by atoms with Gasteiger partial charge in [0.05, 0.1) is 12.0 Å². The van der Waals surface area contributed by atoms with Crippen molar-refractivity contribution in [3.8, 4) is 0 Å². The van der Waals surface area contributed by atoms with Gasteiger partial charge in [0.25, 0.3) is 0 Å². The van der Waals surface area contributed by atoms with Crippen LogP contribution in [0.15, 0.2) is 16.8 Å². The number of nitrogens with zero attached hydrogens (tertiary/aromatic N) is 2. The molecule has 2 heterocycles. The lowest BCUT2D eigenvalue weighted by atomic mass is 9.97. The summed E-state index contributed by atoms with van der Waals surface area (Å²) >= 11 is 1.66. The number of hydrogen-bond acceptors (Lipinski definition) is 4. The van der Waals surface area contributed by atoms with Crippen molar-refractivity contribution in [3.63, 3.8) is 0 Å². The van der Waals surface area contributed by atoms with Crippen LogP contribution in [-0.4, -0.2) is 47.8 Å². The number of carbonyl (C=O) groups excluding carboxylic acids is 2. The molecule has 1 fully saturated rings. The largest absolute Gasteiger partial charge is 0.369 e. The molecule has 0 spiro atoms. The first-order valence-corrected chi connectivity index (χ1v) is 8.22. The Labute approximate surface area is 129 Å². The maximum atomic E-state index is 12.6. The summed E-state index contributed by atoms with van der Waals surface area (Å²) in [4.78, 5) is 27.7. The highest BCUT2D eigenvalue weighted by molar-refractivity contribution is 7.07. The number of carbonyl (C=O) groups is 2. The molecule has 2 N–H and O–H groups in total. The summed E-state index contributed by atoms with van der Waals surface area (Å²) in [5.41, 5.74) is 6.59. The first-order chi connectivity index (χ1) is 9.99. The minimum absolute atomic E-state index is 0.0821. The van der Waals surface area contributed by atoms with E-state index in [-0.39, 0.29) is 23.8 Å². The predicted octanol–water partition coefficient (Wildman–Crippen LogP) is 1.29. The maximum Gasteiger partial charge on any atom is 0.239 e. The fourth-order valence-corrected chi connectivity index (χ4v) is 3.33. The summed E-state index contributed by atoms with van der Waals surface area (Å²) in [6.07, 6.45) is 1.64. The Morgan fingerprint density at radius 3 is 2.95 bits per heavy atom. The molecule has 2 rings (SSSR count). The molecule has 0 saturated carbocycles. The standard InChI is InChI=1S/C15H23N3O2S/c1-11(17(2)8-12-5-7-21-10-12)15(20)18-6-3-4-13(9-18)14(16)19/h5,7,10-11,13H,3-4,6,8-9H2,1-2H3,(H2,16,19)/t11-,13+/m1/s1. The molecule has 2 amide bonds. The molecule has 1 aliphatic rings. The zero-order valence-corrected chi connectivity index (χ0v) is 13.4. The molecule has 1 aliphatic heterocycles. The molecule has 5 nitrogen and oxygen atoms in total. The third kappa shape index (κ3) is 4.04. The number of primary amides is 1. The number of rotatable bonds is 5. The SMILES string of the molecule is C[C@H](C(=O)N1CCC[C@H](C(N)=O)C1)N(C)Cc1ccsc1. The second-order valence-electron chi connectivity index (χ2n) is 5.75. The van der Waals surface area contributed by atoms with Crippen LogP contribution in [0.4, 0.5) is 0 Å². The first kappa shape index (κ1) is 16.0. The molecule has 0 radical (unpaired) electrons. The lowest BCUT2D eigenvalue weighted by Gasteiger charge is -2.35. The van der Waals surface area contributed by atoms with Crippen molar-refractivity contribution in [2.45, 2.75) is 32.4 Å². The van der Waals surface area contributed by atoms with Crippen LogP contribution in [0.3, 0.4) is 0 Å². The van der Waals surface area contributed by atoms with Gasteiger partial charge in [-0.15, -0.1) is 0 Å². The van der Waals surface area contributed by atoms with Gasteiger partial charge in [0.15, 0.2) is 0 Å². The molecule has 0 aliphatic carbocycles. The smallest absolute Gasteiger partial charge is 0.239 e. The van der Waals surface area contributed by atoms with E-state index in [1.807, 2.05) is 24.3 Å². The first-order valence-electron chi connectivity index (χ1n) is 7.28. The van der Waals surface area contributed by atoms with Crippen molar-refractivity contribution >= 4 is 23.2 Å². The quantitative estimate of drug-likeness (QED) is 0.891. The van der Waals surface area contributed by atoms with Gasteiger partial charge in [-0.25, -0.2) is 0 Å². The van der Waals surface area contributed by atoms with Gasteiger partial charge < -0.3 is 10.6 Å². The summed E-state index contributed by atoms with van der Waals surface area (Å²) < 4.78 is 0. The third-order valence-electron chi connectivity index (χ3n) is 4.17. The second-order valence-corrected chi connectivity index (χ2v) is 6.53. The van der Waals surface area contributed by atoms with Gasteiger partial charge in [-0.3, -0.25) is 14.5 Å². The number of hydrogen-bond donors (Lipinski definition) is 1. The Bertz CT molecular complexity index is 489. The molecule has 1 aromatic heterocycles. The molecule has 6 heteroatoms. The Kier molecular flexibility index (Phi) is 5.36. The topological polar surface area (TPSA) is 66.6 Å². The fraction of sp³-hybridized carbons (Fsp3) is 0.600.